The zero-order valence-corrected chi connectivity index (χ0v) is 12.7. The van der Waals surface area contributed by atoms with Crippen LogP contribution < -0.4 is 0 Å². The van der Waals surface area contributed by atoms with Crippen LogP contribution in [0.15, 0.2) is 59.7 Å². The van der Waals surface area contributed by atoms with Crippen molar-refractivity contribution in [2.45, 2.75) is 32.1 Å². The smallest absolute Gasteiger partial charge is 0.214 e. The topological polar surface area (TPSA) is 48.8 Å². The zero-order chi connectivity index (χ0) is 13.6. The molecule has 0 atom stereocenters. The molecule has 0 radical (unpaired) electrons. The number of nitrogens with zero attached hydrogens (tertiary/aromatic N) is 3. The van der Waals surface area contributed by atoms with Crippen molar-refractivity contribution in [1.29, 1.82) is 0 Å². The van der Waals surface area contributed by atoms with Gasteiger partial charge in [-0.05, 0) is 12.0 Å². The number of hydrogen-bond donors (Lipinski definition) is 0. The van der Waals surface area contributed by atoms with Gasteiger partial charge in [-0.3, -0.25) is 0 Å². The van der Waals surface area contributed by atoms with Gasteiger partial charge in [-0.1, -0.05) is 30.8 Å². The van der Waals surface area contributed by atoms with Gasteiger partial charge in [0.05, 0.1) is 0 Å². The van der Waals surface area contributed by atoms with Crippen molar-refractivity contribution in [2.75, 3.05) is 6.54 Å². The molecule has 0 bridgehead atoms. The van der Waals surface area contributed by atoms with E-state index in [1.165, 1.54) is 31.2 Å². The summed E-state index contributed by atoms with van der Waals surface area (Å²) < 4.78 is 0. The van der Waals surface area contributed by atoms with Crippen LogP contribution in [0.25, 0.3) is 10.4 Å². The molecule has 0 aliphatic carbocycles. The van der Waals surface area contributed by atoms with Gasteiger partial charge in [0.15, 0.2) is 0 Å². The molecule has 0 aliphatic heterocycles. The Balaban J connectivity index is 0.000000507. The molecular formula is C16H21FeN3. The fraction of sp³-hybridized carbons (Fsp3) is 0.375. The second kappa shape index (κ2) is 13.9. The Bertz CT molecular complexity index is 411. The molecule has 20 heavy (non-hydrogen) atoms. The Morgan fingerprint density at radius 2 is 1.75 bits per heavy atom. The molecule has 4 heteroatoms. The fourth-order valence-corrected chi connectivity index (χ4v) is 1.81. The zero-order valence-electron chi connectivity index (χ0n) is 11.6. The second-order valence-electron chi connectivity index (χ2n) is 4.37. The van der Waals surface area contributed by atoms with E-state index in [2.05, 4.69) is 34.3 Å². The minimum atomic E-state index is 0. The summed E-state index contributed by atoms with van der Waals surface area (Å²) in [5.41, 5.74) is 9.48. The summed E-state index contributed by atoms with van der Waals surface area (Å²) in [5, 5.41) is 3.50. The SMILES string of the molecule is [Fe+2].[N-]=[N+]=NCCCCCCc1cc[cH-]c1.c1cc[cH-]c1. The average molecular weight is 311 g/mol. The summed E-state index contributed by atoms with van der Waals surface area (Å²) in [4.78, 5) is 2.72. The Morgan fingerprint density at radius 3 is 2.30 bits per heavy atom. The van der Waals surface area contributed by atoms with Crippen molar-refractivity contribution in [3.63, 3.8) is 0 Å². The number of unbranched alkanes of at least 4 members (excludes halogenated alkanes) is 3. The molecule has 2 aromatic carbocycles. The van der Waals surface area contributed by atoms with Gasteiger partial charge in [0.25, 0.3) is 0 Å². The molecule has 0 heterocycles. The fourth-order valence-electron chi connectivity index (χ4n) is 1.81. The van der Waals surface area contributed by atoms with E-state index in [1.807, 2.05) is 30.3 Å². The third kappa shape index (κ3) is 10.5. The number of aryl methyl sites for hydroxylation is 1. The molecule has 2 aromatic rings. The van der Waals surface area contributed by atoms with Crippen molar-refractivity contribution in [3.05, 3.63) is 70.6 Å². The van der Waals surface area contributed by atoms with Crippen molar-refractivity contribution in [3.8, 4) is 0 Å². The van der Waals surface area contributed by atoms with Crippen LogP contribution >= 0.6 is 0 Å². The summed E-state index contributed by atoms with van der Waals surface area (Å²) in [6, 6.07) is 18.5. The van der Waals surface area contributed by atoms with E-state index in [9.17, 15) is 0 Å². The van der Waals surface area contributed by atoms with Crippen molar-refractivity contribution < 1.29 is 17.1 Å². The van der Waals surface area contributed by atoms with Crippen LogP contribution in [-0.4, -0.2) is 6.54 Å². The van der Waals surface area contributed by atoms with E-state index < -0.39 is 0 Å². The second-order valence-corrected chi connectivity index (χ2v) is 4.37. The van der Waals surface area contributed by atoms with Crippen LogP contribution in [-0.2, 0) is 23.5 Å². The van der Waals surface area contributed by atoms with Crippen molar-refractivity contribution >= 4 is 0 Å². The van der Waals surface area contributed by atoms with Gasteiger partial charge in [0.2, 0.25) is 0 Å². The minimum absolute atomic E-state index is 0. The van der Waals surface area contributed by atoms with Crippen LogP contribution in [0.2, 0.25) is 0 Å². The third-order valence-corrected chi connectivity index (χ3v) is 2.82. The Hall–Kier alpha value is -1.47. The summed E-state index contributed by atoms with van der Waals surface area (Å²) in [5.74, 6) is 0. The van der Waals surface area contributed by atoms with E-state index in [0.29, 0.717) is 6.54 Å². The first-order valence-corrected chi connectivity index (χ1v) is 6.81. The molecule has 0 N–H and O–H groups in total. The maximum atomic E-state index is 8.05. The van der Waals surface area contributed by atoms with Gasteiger partial charge in [-0.25, -0.2) is 18.2 Å². The summed E-state index contributed by atoms with van der Waals surface area (Å²) >= 11 is 0. The first-order valence-electron chi connectivity index (χ1n) is 6.81. The molecule has 0 fully saturated rings. The summed E-state index contributed by atoms with van der Waals surface area (Å²) in [7, 11) is 0. The molecule has 2 rings (SSSR count). The molecule has 0 aromatic heterocycles. The van der Waals surface area contributed by atoms with Crippen LogP contribution in [0.5, 0.6) is 0 Å². The quantitative estimate of drug-likeness (QED) is 0.168. The maximum Gasteiger partial charge on any atom is 2.00 e. The molecule has 0 saturated heterocycles. The molecular weight excluding hydrogens is 290 g/mol. The minimum Gasteiger partial charge on any atom is -0.214 e. The molecule has 108 valence electrons. The molecule has 0 saturated carbocycles. The summed E-state index contributed by atoms with van der Waals surface area (Å²) in [6.45, 7) is 0.646. The van der Waals surface area contributed by atoms with E-state index >= 15 is 0 Å². The Labute approximate surface area is 131 Å². The molecule has 0 amide bonds. The van der Waals surface area contributed by atoms with Crippen molar-refractivity contribution in [1.82, 2.24) is 0 Å². The summed E-state index contributed by atoms with van der Waals surface area (Å²) in [6.07, 6.45) is 5.83. The molecule has 0 aliphatic rings. The monoisotopic (exact) mass is 311 g/mol. The number of azide groups is 1. The Morgan fingerprint density at radius 1 is 1.00 bits per heavy atom. The Kier molecular flexibility index (Phi) is 12.9. The first kappa shape index (κ1) is 18.5. The number of rotatable bonds is 7. The van der Waals surface area contributed by atoms with Gasteiger partial charge in [-0.2, -0.15) is 42.0 Å². The van der Waals surface area contributed by atoms with E-state index in [0.717, 1.165) is 6.42 Å². The largest absolute Gasteiger partial charge is 2.00 e. The maximum absolute atomic E-state index is 8.05. The van der Waals surface area contributed by atoms with Gasteiger partial charge in [-0.15, -0.1) is 0 Å². The predicted octanol–water partition coefficient (Wildman–Crippen LogP) is 5.22. The normalized spacial score (nSPS) is 8.80. The van der Waals surface area contributed by atoms with E-state index in [4.69, 9.17) is 5.53 Å². The van der Waals surface area contributed by atoms with Gasteiger partial charge in [0, 0.05) is 11.5 Å². The van der Waals surface area contributed by atoms with Gasteiger partial charge < -0.3 is 0 Å². The van der Waals surface area contributed by atoms with Gasteiger partial charge in [0.1, 0.15) is 0 Å². The molecule has 3 nitrogen and oxygen atoms in total. The third-order valence-electron chi connectivity index (χ3n) is 2.82. The predicted molar refractivity (Wildman–Crippen MR) is 80.3 cm³/mol. The average Bonchev–Trinajstić information content (AvgIpc) is 3.13. The van der Waals surface area contributed by atoms with Crippen LogP contribution in [0.3, 0.4) is 0 Å². The van der Waals surface area contributed by atoms with Crippen LogP contribution in [0.1, 0.15) is 31.2 Å². The van der Waals surface area contributed by atoms with Crippen LogP contribution in [0, 0.1) is 0 Å². The van der Waals surface area contributed by atoms with E-state index in [-0.39, 0.29) is 17.1 Å². The first-order chi connectivity index (χ1) is 9.43. The van der Waals surface area contributed by atoms with Gasteiger partial charge >= 0.3 is 17.1 Å². The number of hydrogen-bond acceptors (Lipinski definition) is 1. The van der Waals surface area contributed by atoms with E-state index in [1.54, 1.807) is 0 Å². The van der Waals surface area contributed by atoms with Crippen molar-refractivity contribution in [2.24, 2.45) is 5.11 Å². The molecule has 0 unspecified atom stereocenters. The van der Waals surface area contributed by atoms with Crippen LogP contribution in [0.4, 0.5) is 0 Å². The molecule has 0 spiro atoms. The standard InChI is InChI=1S/C11H16N3.C5H5.Fe/c12-14-13-10-6-2-1-3-7-11-8-4-5-9-11;1-2-4-5-3-1;/h4-5,8-9H,1-3,6-7,10H2;1-5H;/q2*-1;+2.